The van der Waals surface area contributed by atoms with Crippen molar-refractivity contribution >= 4 is 35.5 Å². The van der Waals surface area contributed by atoms with E-state index in [0.29, 0.717) is 5.57 Å². The molecule has 37 heavy (non-hydrogen) atoms. The van der Waals surface area contributed by atoms with Crippen LogP contribution in [0, 0.1) is 23.2 Å². The Balaban J connectivity index is 2.34. The molecule has 0 amide bonds. The normalized spacial score (nSPS) is 42.1. The number of halogens is 1. The topological polar surface area (TPSA) is 125 Å². The van der Waals surface area contributed by atoms with Crippen LogP contribution in [0.25, 0.3) is 0 Å². The fraction of sp³-hybridized carbons (Fsp3) is 0.630. The van der Waals surface area contributed by atoms with Crippen molar-refractivity contribution in [1.82, 2.24) is 0 Å². The summed E-state index contributed by atoms with van der Waals surface area (Å²) in [5.41, 5.74) is -2.88. The van der Waals surface area contributed by atoms with E-state index in [4.69, 9.17) is 30.5 Å². The van der Waals surface area contributed by atoms with E-state index in [1.807, 2.05) is 0 Å². The van der Waals surface area contributed by atoms with E-state index in [9.17, 15) is 24.3 Å². The van der Waals surface area contributed by atoms with Crippen LogP contribution >= 0.6 is 11.6 Å². The molecule has 0 aromatic heterocycles. The van der Waals surface area contributed by atoms with E-state index in [1.54, 1.807) is 45.1 Å². The van der Waals surface area contributed by atoms with Crippen LogP contribution in [0.4, 0.5) is 0 Å². The molecule has 2 aliphatic carbocycles. The molecular formula is C27H35ClO9. The van der Waals surface area contributed by atoms with Crippen LogP contribution in [-0.4, -0.2) is 64.4 Å². The van der Waals surface area contributed by atoms with Gasteiger partial charge in [0.1, 0.15) is 18.3 Å². The third kappa shape index (κ3) is 5.08. The average molecular weight is 539 g/mol. The lowest BCUT2D eigenvalue weighted by Crippen LogP contribution is -2.65. The first-order chi connectivity index (χ1) is 17.2. The van der Waals surface area contributed by atoms with E-state index in [0.717, 1.165) is 0 Å². The minimum Gasteiger partial charge on any atom is -0.459 e. The number of fused-ring (bicyclic) bond motifs is 2. The fourth-order valence-corrected chi connectivity index (χ4v) is 6.10. The van der Waals surface area contributed by atoms with Crippen molar-refractivity contribution in [3.63, 3.8) is 0 Å². The Morgan fingerprint density at radius 1 is 1.14 bits per heavy atom. The Kier molecular flexibility index (Phi) is 8.29. The minimum atomic E-state index is -2.09. The van der Waals surface area contributed by atoms with Crippen LogP contribution < -0.4 is 0 Å². The first-order valence-corrected chi connectivity index (χ1v) is 12.8. The molecule has 1 saturated heterocycles. The van der Waals surface area contributed by atoms with Gasteiger partial charge in [-0.25, -0.2) is 0 Å². The third-order valence-electron chi connectivity index (χ3n) is 7.84. The van der Waals surface area contributed by atoms with Crippen molar-refractivity contribution in [3.8, 4) is 0 Å². The average Bonchev–Trinajstić information content (AvgIpc) is 3.05. The van der Waals surface area contributed by atoms with Crippen LogP contribution in [-0.2, 0) is 38.1 Å². The van der Waals surface area contributed by atoms with E-state index >= 15 is 0 Å². The second-order valence-electron chi connectivity index (χ2n) is 10.3. The highest BCUT2D eigenvalue weighted by Crippen LogP contribution is 2.54. The Hall–Kier alpha value is -2.65. The molecule has 1 aliphatic heterocycles. The standard InChI is InChI=1S/C27H35ClO9/c1-8-20(31)36-18-11-12-26(7)19(34-16(5)29)10-9-13(2)22(28)24-27(33,15(4)25(32)37-24)23(35-17(6)30)21(26)14(18)3/h9-12,14-15,18-19,21-24,33H,2,8H2,1,3-7H3/b10-9-/t14-,15-,18+,19-,21+,22-,23-,24-,26+,27+/m0/s1. The number of hydrogen-bond acceptors (Lipinski definition) is 9. The summed E-state index contributed by atoms with van der Waals surface area (Å²) < 4.78 is 22.8. The van der Waals surface area contributed by atoms with Crippen molar-refractivity contribution in [2.75, 3.05) is 0 Å². The Morgan fingerprint density at radius 2 is 1.76 bits per heavy atom. The number of carbonyl (C=O) groups is 4. The first-order valence-electron chi connectivity index (χ1n) is 12.4. The zero-order chi connectivity index (χ0) is 27.9. The van der Waals surface area contributed by atoms with Crippen LogP contribution in [0.15, 0.2) is 36.5 Å². The Bertz CT molecular complexity index is 1030. The molecule has 0 unspecified atom stereocenters. The molecule has 0 spiro atoms. The Labute approximate surface area is 221 Å². The predicted octanol–water partition coefficient (Wildman–Crippen LogP) is 3.03. The highest BCUT2D eigenvalue weighted by molar-refractivity contribution is 6.23. The van der Waals surface area contributed by atoms with E-state index in [1.165, 1.54) is 20.8 Å². The maximum Gasteiger partial charge on any atom is 0.312 e. The predicted molar refractivity (Wildman–Crippen MR) is 133 cm³/mol. The van der Waals surface area contributed by atoms with E-state index < -0.39 is 82.4 Å². The Morgan fingerprint density at radius 3 is 2.32 bits per heavy atom. The summed E-state index contributed by atoms with van der Waals surface area (Å²) in [4.78, 5) is 49.7. The summed E-state index contributed by atoms with van der Waals surface area (Å²) in [6.45, 7) is 13.1. The number of rotatable bonds is 4. The van der Waals surface area contributed by atoms with Crippen molar-refractivity contribution in [3.05, 3.63) is 36.5 Å². The summed E-state index contributed by atoms with van der Waals surface area (Å²) >= 11 is 6.69. The number of ether oxygens (including phenoxy) is 4. The number of esters is 4. The molecule has 0 saturated carbocycles. The van der Waals surface area contributed by atoms with Gasteiger partial charge in [-0.1, -0.05) is 39.5 Å². The molecule has 0 bridgehead atoms. The molecular weight excluding hydrogens is 504 g/mol. The van der Waals surface area contributed by atoms with Gasteiger partial charge in [-0.15, -0.1) is 11.6 Å². The van der Waals surface area contributed by atoms with E-state index in [-0.39, 0.29) is 6.42 Å². The number of carbonyl (C=O) groups excluding carboxylic acids is 4. The zero-order valence-electron chi connectivity index (χ0n) is 21.9. The van der Waals surface area contributed by atoms with Gasteiger partial charge in [0, 0.05) is 37.5 Å². The van der Waals surface area contributed by atoms with Gasteiger partial charge >= 0.3 is 23.9 Å². The lowest BCUT2D eigenvalue weighted by molar-refractivity contribution is -0.211. The second kappa shape index (κ2) is 10.6. The zero-order valence-corrected chi connectivity index (χ0v) is 22.7. The molecule has 1 N–H and O–H groups in total. The number of hydrogen-bond donors (Lipinski definition) is 1. The van der Waals surface area contributed by atoms with Gasteiger partial charge < -0.3 is 24.1 Å². The molecule has 10 heteroatoms. The lowest BCUT2D eigenvalue weighted by Gasteiger charge is -2.53. The van der Waals surface area contributed by atoms with Gasteiger partial charge in [0.25, 0.3) is 0 Å². The quantitative estimate of drug-likeness (QED) is 0.249. The largest absolute Gasteiger partial charge is 0.459 e. The highest BCUT2D eigenvalue weighted by atomic mass is 35.5. The maximum atomic E-state index is 12.8. The summed E-state index contributed by atoms with van der Waals surface area (Å²) in [6.07, 6.45) is 2.45. The van der Waals surface area contributed by atoms with Crippen molar-refractivity contribution in [1.29, 1.82) is 0 Å². The fourth-order valence-electron chi connectivity index (χ4n) is 5.77. The molecule has 1 heterocycles. The SMILES string of the molecule is C=C1/C=C\[C@H](OC(C)=O)[C@@]2(C)C=C[C@@H](OC(=O)CC)[C@H](C)[C@@H]2[C@H](OC(C)=O)[C@]2(O)[C@@H](C)C(=O)O[C@H]2[C@H]1Cl. The van der Waals surface area contributed by atoms with Gasteiger partial charge in [0.05, 0.1) is 11.3 Å². The number of aliphatic hydroxyl groups is 1. The third-order valence-corrected chi connectivity index (χ3v) is 8.35. The molecule has 10 atom stereocenters. The molecule has 0 aromatic carbocycles. The summed E-state index contributed by atoms with van der Waals surface area (Å²) in [5, 5.41) is 11.2. The lowest BCUT2D eigenvalue weighted by atomic mass is 9.56. The molecule has 1 fully saturated rings. The second-order valence-corrected chi connectivity index (χ2v) is 10.8. The molecule has 0 radical (unpaired) electrons. The van der Waals surface area contributed by atoms with E-state index in [2.05, 4.69) is 6.58 Å². The van der Waals surface area contributed by atoms with Crippen LogP contribution in [0.3, 0.4) is 0 Å². The summed E-state index contributed by atoms with van der Waals surface area (Å²) in [6, 6.07) is 0. The molecule has 3 aliphatic rings. The smallest absolute Gasteiger partial charge is 0.312 e. The van der Waals surface area contributed by atoms with Crippen molar-refractivity contribution in [2.45, 2.75) is 83.4 Å². The summed E-state index contributed by atoms with van der Waals surface area (Å²) in [5.74, 6) is -4.95. The maximum absolute atomic E-state index is 12.8. The van der Waals surface area contributed by atoms with Crippen molar-refractivity contribution < 1.29 is 43.2 Å². The summed E-state index contributed by atoms with van der Waals surface area (Å²) in [7, 11) is 0. The van der Waals surface area contributed by atoms with Gasteiger partial charge in [0.2, 0.25) is 0 Å². The number of alkyl halides is 1. The van der Waals surface area contributed by atoms with Crippen LogP contribution in [0.5, 0.6) is 0 Å². The highest BCUT2D eigenvalue weighted by Gasteiger charge is 2.68. The van der Waals surface area contributed by atoms with Gasteiger partial charge in [-0.2, -0.15) is 0 Å². The monoisotopic (exact) mass is 538 g/mol. The van der Waals surface area contributed by atoms with Crippen molar-refractivity contribution in [2.24, 2.45) is 23.2 Å². The molecule has 0 aromatic rings. The van der Waals surface area contributed by atoms with Gasteiger partial charge in [0.15, 0.2) is 11.7 Å². The first kappa shape index (κ1) is 28.9. The van der Waals surface area contributed by atoms with Gasteiger partial charge in [-0.05, 0) is 24.6 Å². The van der Waals surface area contributed by atoms with Gasteiger partial charge in [-0.3, -0.25) is 19.2 Å². The molecule has 3 rings (SSSR count). The molecule has 204 valence electrons. The van der Waals surface area contributed by atoms with Crippen LogP contribution in [0.2, 0.25) is 0 Å². The molecule has 9 nitrogen and oxygen atoms in total. The number of allylic oxidation sites excluding steroid dienone is 1. The van der Waals surface area contributed by atoms with Crippen LogP contribution in [0.1, 0.15) is 48.0 Å². The minimum absolute atomic E-state index is 0.145.